The highest BCUT2D eigenvalue weighted by atomic mass is 16.2. The van der Waals surface area contributed by atoms with Crippen molar-refractivity contribution in [1.29, 1.82) is 0 Å². The van der Waals surface area contributed by atoms with Crippen molar-refractivity contribution >= 4 is 5.91 Å². The summed E-state index contributed by atoms with van der Waals surface area (Å²) in [5.41, 5.74) is 0. The summed E-state index contributed by atoms with van der Waals surface area (Å²) in [6.07, 6.45) is 7.88. The summed E-state index contributed by atoms with van der Waals surface area (Å²) in [6, 6.07) is 0.351. The first kappa shape index (κ1) is 13.4. The van der Waals surface area contributed by atoms with Crippen molar-refractivity contribution in [2.45, 2.75) is 51.5 Å². The van der Waals surface area contributed by atoms with E-state index in [1.54, 1.807) is 0 Å². The molecule has 2 saturated carbocycles. The molecule has 1 heterocycles. The lowest BCUT2D eigenvalue weighted by Gasteiger charge is -2.34. The van der Waals surface area contributed by atoms with Gasteiger partial charge < -0.3 is 10.2 Å². The zero-order chi connectivity index (χ0) is 13.4. The molecule has 3 rings (SSSR count). The maximum absolute atomic E-state index is 12.6. The van der Waals surface area contributed by atoms with Gasteiger partial charge in [0.15, 0.2) is 0 Å². The molecule has 5 atom stereocenters. The molecule has 3 fully saturated rings. The Hall–Kier alpha value is -0.570. The minimum atomic E-state index is 0.206. The van der Waals surface area contributed by atoms with Gasteiger partial charge in [-0.05, 0) is 63.3 Å². The van der Waals surface area contributed by atoms with Crippen molar-refractivity contribution in [1.82, 2.24) is 10.2 Å². The van der Waals surface area contributed by atoms with Gasteiger partial charge >= 0.3 is 0 Å². The van der Waals surface area contributed by atoms with Crippen LogP contribution >= 0.6 is 0 Å². The van der Waals surface area contributed by atoms with Gasteiger partial charge in [-0.2, -0.15) is 0 Å². The minimum absolute atomic E-state index is 0.206. The maximum atomic E-state index is 12.6. The Bertz CT molecular complexity index is 344. The second-order valence-corrected chi connectivity index (χ2v) is 7.15. The lowest BCUT2D eigenvalue weighted by molar-refractivity contribution is -0.136. The predicted octanol–water partition coefficient (Wildman–Crippen LogP) is 2.27. The quantitative estimate of drug-likeness (QED) is 0.848. The molecular weight excluding hydrogens is 236 g/mol. The van der Waals surface area contributed by atoms with Crippen LogP contribution in [0.1, 0.15) is 45.4 Å². The molecule has 1 amide bonds. The van der Waals surface area contributed by atoms with E-state index in [1.165, 1.54) is 25.7 Å². The fourth-order valence-corrected chi connectivity index (χ4v) is 4.71. The number of nitrogens with zero attached hydrogens (tertiary/aromatic N) is 1. The van der Waals surface area contributed by atoms with Crippen LogP contribution < -0.4 is 5.32 Å². The van der Waals surface area contributed by atoms with E-state index in [0.29, 0.717) is 11.9 Å². The Morgan fingerprint density at radius 2 is 2.11 bits per heavy atom. The van der Waals surface area contributed by atoms with Gasteiger partial charge in [0.25, 0.3) is 0 Å². The van der Waals surface area contributed by atoms with E-state index in [1.807, 2.05) is 11.9 Å². The molecule has 3 nitrogen and oxygen atoms in total. The lowest BCUT2D eigenvalue weighted by Crippen LogP contribution is -2.48. The van der Waals surface area contributed by atoms with E-state index in [0.717, 1.165) is 43.7 Å². The Labute approximate surface area is 117 Å². The molecule has 3 heteroatoms. The van der Waals surface area contributed by atoms with Crippen LogP contribution in [0.2, 0.25) is 0 Å². The molecule has 19 heavy (non-hydrogen) atoms. The average Bonchev–Trinajstić information content (AvgIpc) is 3.00. The number of rotatable bonds is 3. The van der Waals surface area contributed by atoms with Crippen molar-refractivity contribution in [3.8, 4) is 0 Å². The highest BCUT2D eigenvalue weighted by Crippen LogP contribution is 2.48. The van der Waals surface area contributed by atoms with Gasteiger partial charge in [-0.25, -0.2) is 0 Å². The topological polar surface area (TPSA) is 32.3 Å². The van der Waals surface area contributed by atoms with Gasteiger partial charge in [-0.15, -0.1) is 0 Å². The number of fused-ring (bicyclic) bond motifs is 2. The van der Waals surface area contributed by atoms with Gasteiger partial charge in [0.1, 0.15) is 0 Å². The zero-order valence-electron chi connectivity index (χ0n) is 12.4. The third-order valence-electron chi connectivity index (χ3n) is 5.85. The van der Waals surface area contributed by atoms with Gasteiger partial charge in [0.05, 0.1) is 5.92 Å². The summed E-state index contributed by atoms with van der Waals surface area (Å²) in [6.45, 7) is 4.23. The first-order valence-electron chi connectivity index (χ1n) is 8.13. The van der Waals surface area contributed by atoms with Crippen LogP contribution in [0.5, 0.6) is 0 Å². The van der Waals surface area contributed by atoms with Crippen LogP contribution in [0.3, 0.4) is 0 Å². The Balaban J connectivity index is 1.54. The summed E-state index contributed by atoms with van der Waals surface area (Å²) in [4.78, 5) is 14.6. The number of hydrogen-bond acceptors (Lipinski definition) is 2. The SMILES string of the molecule is CC1NCCCC1C(=O)N(C)CC1CC2CCC1C2. The van der Waals surface area contributed by atoms with E-state index in [9.17, 15) is 4.79 Å². The first-order valence-corrected chi connectivity index (χ1v) is 8.13. The lowest BCUT2D eigenvalue weighted by atomic mass is 9.87. The summed E-state index contributed by atoms with van der Waals surface area (Å²) < 4.78 is 0. The molecule has 1 aliphatic heterocycles. The fraction of sp³-hybridized carbons (Fsp3) is 0.938. The molecule has 3 aliphatic rings. The van der Waals surface area contributed by atoms with E-state index in [2.05, 4.69) is 12.2 Å². The van der Waals surface area contributed by atoms with Crippen LogP contribution in [0.25, 0.3) is 0 Å². The smallest absolute Gasteiger partial charge is 0.226 e. The Morgan fingerprint density at radius 1 is 1.26 bits per heavy atom. The molecule has 0 radical (unpaired) electrons. The van der Waals surface area contributed by atoms with Gasteiger partial charge in [-0.1, -0.05) is 6.42 Å². The van der Waals surface area contributed by atoms with Crippen molar-refractivity contribution in [3.63, 3.8) is 0 Å². The molecule has 1 saturated heterocycles. The highest BCUT2D eigenvalue weighted by molar-refractivity contribution is 5.79. The number of amides is 1. The van der Waals surface area contributed by atoms with Crippen LogP contribution in [-0.2, 0) is 4.79 Å². The molecule has 2 aliphatic carbocycles. The Kier molecular flexibility index (Phi) is 3.84. The van der Waals surface area contributed by atoms with Gasteiger partial charge in [0.2, 0.25) is 5.91 Å². The minimum Gasteiger partial charge on any atom is -0.345 e. The van der Waals surface area contributed by atoms with Crippen LogP contribution in [0.4, 0.5) is 0 Å². The normalized spacial score (nSPS) is 41.5. The molecule has 5 unspecified atom stereocenters. The van der Waals surface area contributed by atoms with Gasteiger partial charge in [0, 0.05) is 19.6 Å². The van der Waals surface area contributed by atoms with Gasteiger partial charge in [-0.3, -0.25) is 4.79 Å². The van der Waals surface area contributed by atoms with E-state index in [-0.39, 0.29) is 5.92 Å². The van der Waals surface area contributed by atoms with Crippen molar-refractivity contribution in [3.05, 3.63) is 0 Å². The second kappa shape index (κ2) is 5.43. The maximum Gasteiger partial charge on any atom is 0.226 e. The Morgan fingerprint density at radius 3 is 2.74 bits per heavy atom. The van der Waals surface area contributed by atoms with E-state index < -0.39 is 0 Å². The van der Waals surface area contributed by atoms with Crippen molar-refractivity contribution in [2.75, 3.05) is 20.1 Å². The highest BCUT2D eigenvalue weighted by Gasteiger charge is 2.40. The van der Waals surface area contributed by atoms with Crippen LogP contribution in [0.15, 0.2) is 0 Å². The molecule has 0 aromatic rings. The summed E-state index contributed by atoms with van der Waals surface area (Å²) in [5, 5.41) is 3.44. The predicted molar refractivity (Wildman–Crippen MR) is 76.8 cm³/mol. The molecule has 0 aromatic carbocycles. The summed E-state index contributed by atoms with van der Waals surface area (Å²) in [7, 11) is 2.02. The third-order valence-corrected chi connectivity index (χ3v) is 5.85. The number of carbonyl (C=O) groups is 1. The summed E-state index contributed by atoms with van der Waals surface area (Å²) >= 11 is 0. The first-order chi connectivity index (χ1) is 9.15. The largest absolute Gasteiger partial charge is 0.345 e. The number of nitrogens with one attached hydrogen (secondary N) is 1. The molecule has 108 valence electrons. The number of hydrogen-bond donors (Lipinski definition) is 1. The van der Waals surface area contributed by atoms with Crippen molar-refractivity contribution < 1.29 is 4.79 Å². The summed E-state index contributed by atoms with van der Waals surface area (Å²) in [5.74, 6) is 3.27. The molecular formula is C16H28N2O. The number of carbonyl (C=O) groups excluding carboxylic acids is 1. The monoisotopic (exact) mass is 264 g/mol. The van der Waals surface area contributed by atoms with E-state index in [4.69, 9.17) is 0 Å². The standard InChI is InChI=1S/C16H28N2O/c1-11-15(4-3-7-17-11)16(19)18(2)10-14-9-12-5-6-13(14)8-12/h11-15,17H,3-10H2,1-2H3. The third kappa shape index (κ3) is 2.67. The molecule has 1 N–H and O–H groups in total. The van der Waals surface area contributed by atoms with Crippen molar-refractivity contribution in [2.24, 2.45) is 23.7 Å². The molecule has 0 spiro atoms. The van der Waals surface area contributed by atoms with E-state index >= 15 is 0 Å². The zero-order valence-corrected chi connectivity index (χ0v) is 12.4. The average molecular weight is 264 g/mol. The van der Waals surface area contributed by atoms with Crippen LogP contribution in [-0.4, -0.2) is 37.0 Å². The fourth-order valence-electron chi connectivity index (χ4n) is 4.71. The van der Waals surface area contributed by atoms with Crippen LogP contribution in [0, 0.1) is 23.7 Å². The second-order valence-electron chi connectivity index (χ2n) is 7.15. The number of piperidine rings is 1. The molecule has 2 bridgehead atoms. The molecule has 0 aromatic heterocycles.